The Kier molecular flexibility index (Phi) is 43.7. The Labute approximate surface area is 358 Å². The Balaban J connectivity index is 4.66. The number of esters is 1. The molecule has 0 fully saturated rings. The number of ether oxygens (including phenoxy) is 1. The van der Waals surface area contributed by atoms with Gasteiger partial charge >= 0.3 is 5.97 Å². The van der Waals surface area contributed by atoms with Crippen molar-refractivity contribution in [3.8, 4) is 0 Å². The standard InChI is InChI=1S/C52H93NO5/c1-4-7-10-13-16-19-22-24-26-29-31-34-37-40-43-48(58-52(57)45-42-39-36-33-28-21-18-15-12-9-6-3)46-51(56)53-49(47-54)50(55)44-41-38-35-32-30-27-25-23-20-17-14-11-8-5-2/h7,10,15-16,18-19,24,26,31,34,48-50,54-55H,4-6,8-9,11-14,17,20-23,25,27-30,32-33,35-47H2,1-3H3,(H,53,56)/b10-7+,18-15-,19-16+,26-24+,34-31+. The van der Waals surface area contributed by atoms with Gasteiger partial charge in [0, 0.05) is 6.42 Å². The number of rotatable bonds is 43. The fourth-order valence-electron chi connectivity index (χ4n) is 7.11. The van der Waals surface area contributed by atoms with Gasteiger partial charge in [-0.3, -0.25) is 9.59 Å². The van der Waals surface area contributed by atoms with E-state index in [1.54, 1.807) is 0 Å². The first-order valence-corrected chi connectivity index (χ1v) is 24.5. The summed E-state index contributed by atoms with van der Waals surface area (Å²) in [6, 6.07) is -0.720. The summed E-state index contributed by atoms with van der Waals surface area (Å²) in [5.41, 5.74) is 0. The molecule has 0 aliphatic heterocycles. The van der Waals surface area contributed by atoms with Crippen LogP contribution in [0, 0.1) is 0 Å². The predicted molar refractivity (Wildman–Crippen MR) is 250 cm³/mol. The summed E-state index contributed by atoms with van der Waals surface area (Å²) in [6.45, 7) is 6.31. The Morgan fingerprint density at radius 1 is 0.517 bits per heavy atom. The molecule has 1 amide bonds. The molecule has 0 saturated heterocycles. The van der Waals surface area contributed by atoms with Gasteiger partial charge < -0.3 is 20.3 Å². The number of allylic oxidation sites excluding steroid dienone is 10. The molecule has 0 spiro atoms. The maximum atomic E-state index is 13.2. The van der Waals surface area contributed by atoms with Crippen molar-refractivity contribution in [1.29, 1.82) is 0 Å². The van der Waals surface area contributed by atoms with Crippen LogP contribution in [0.15, 0.2) is 60.8 Å². The van der Waals surface area contributed by atoms with Crippen LogP contribution in [-0.4, -0.2) is 46.9 Å². The van der Waals surface area contributed by atoms with Gasteiger partial charge in [-0.2, -0.15) is 0 Å². The second-order valence-corrected chi connectivity index (χ2v) is 16.5. The van der Waals surface area contributed by atoms with Crippen LogP contribution >= 0.6 is 0 Å². The maximum Gasteiger partial charge on any atom is 0.306 e. The number of carbonyl (C=O) groups excluding carboxylic acids is 2. The van der Waals surface area contributed by atoms with Crippen molar-refractivity contribution in [2.24, 2.45) is 0 Å². The van der Waals surface area contributed by atoms with E-state index < -0.39 is 18.2 Å². The van der Waals surface area contributed by atoms with E-state index in [4.69, 9.17) is 4.74 Å². The molecule has 0 aromatic heterocycles. The van der Waals surface area contributed by atoms with E-state index in [9.17, 15) is 19.8 Å². The molecule has 6 nitrogen and oxygen atoms in total. The van der Waals surface area contributed by atoms with E-state index in [0.717, 1.165) is 83.5 Å². The first kappa shape index (κ1) is 55.6. The number of carbonyl (C=O) groups is 2. The highest BCUT2D eigenvalue weighted by molar-refractivity contribution is 5.77. The monoisotopic (exact) mass is 812 g/mol. The summed E-state index contributed by atoms with van der Waals surface area (Å²) < 4.78 is 5.88. The van der Waals surface area contributed by atoms with Crippen molar-refractivity contribution in [3.05, 3.63) is 60.8 Å². The second-order valence-electron chi connectivity index (χ2n) is 16.5. The van der Waals surface area contributed by atoms with Crippen molar-refractivity contribution in [3.63, 3.8) is 0 Å². The lowest BCUT2D eigenvalue weighted by Crippen LogP contribution is -2.46. The summed E-state index contributed by atoms with van der Waals surface area (Å²) in [6.07, 6.45) is 55.7. The number of amides is 1. The highest BCUT2D eigenvalue weighted by atomic mass is 16.5. The van der Waals surface area contributed by atoms with Crippen LogP contribution in [0.4, 0.5) is 0 Å². The van der Waals surface area contributed by atoms with Gasteiger partial charge in [0.2, 0.25) is 5.91 Å². The molecule has 0 saturated carbocycles. The topological polar surface area (TPSA) is 95.9 Å². The highest BCUT2D eigenvalue weighted by Gasteiger charge is 2.24. The van der Waals surface area contributed by atoms with Gasteiger partial charge in [-0.05, 0) is 77.0 Å². The van der Waals surface area contributed by atoms with Crippen LogP contribution in [-0.2, 0) is 14.3 Å². The minimum atomic E-state index is -0.803. The van der Waals surface area contributed by atoms with Crippen LogP contribution in [0.3, 0.4) is 0 Å². The molecule has 336 valence electrons. The first-order chi connectivity index (χ1) is 28.5. The number of nitrogens with one attached hydrogen (secondary N) is 1. The van der Waals surface area contributed by atoms with Crippen molar-refractivity contribution >= 4 is 11.9 Å². The largest absolute Gasteiger partial charge is 0.462 e. The SMILES string of the molecule is CC/C=C/C/C=C/C/C=C/C/C=C/CCCC(CC(=O)NC(CO)C(O)CCCCCCCCCCCCCCCC)OC(=O)CCCCCCC/C=C\CCCC. The first-order valence-electron chi connectivity index (χ1n) is 24.5. The van der Waals surface area contributed by atoms with Crippen LogP contribution in [0.2, 0.25) is 0 Å². The molecule has 6 heteroatoms. The summed E-state index contributed by atoms with van der Waals surface area (Å²) in [5, 5.41) is 23.7. The summed E-state index contributed by atoms with van der Waals surface area (Å²) in [7, 11) is 0. The maximum absolute atomic E-state index is 13.2. The van der Waals surface area contributed by atoms with E-state index >= 15 is 0 Å². The molecule has 0 bridgehead atoms. The lowest BCUT2D eigenvalue weighted by Gasteiger charge is -2.24. The van der Waals surface area contributed by atoms with Gasteiger partial charge in [-0.15, -0.1) is 0 Å². The fourth-order valence-corrected chi connectivity index (χ4v) is 7.11. The molecule has 58 heavy (non-hydrogen) atoms. The molecule has 0 aliphatic rings. The van der Waals surface area contributed by atoms with Crippen LogP contribution < -0.4 is 5.32 Å². The van der Waals surface area contributed by atoms with E-state index in [1.807, 2.05) is 0 Å². The van der Waals surface area contributed by atoms with Crippen LogP contribution in [0.25, 0.3) is 0 Å². The lowest BCUT2D eigenvalue weighted by molar-refractivity contribution is -0.151. The van der Waals surface area contributed by atoms with Crippen molar-refractivity contribution in [2.75, 3.05) is 6.61 Å². The van der Waals surface area contributed by atoms with Gasteiger partial charge in [0.1, 0.15) is 6.10 Å². The average molecular weight is 812 g/mol. The zero-order valence-electron chi connectivity index (χ0n) is 38.2. The van der Waals surface area contributed by atoms with E-state index in [2.05, 4.69) is 86.8 Å². The Morgan fingerprint density at radius 2 is 0.966 bits per heavy atom. The molecule has 0 rings (SSSR count). The predicted octanol–water partition coefficient (Wildman–Crippen LogP) is 14.5. The number of unbranched alkanes of at least 4 members (excludes halogenated alkanes) is 21. The van der Waals surface area contributed by atoms with Crippen molar-refractivity contribution in [2.45, 2.75) is 251 Å². The summed E-state index contributed by atoms with van der Waals surface area (Å²) in [5.74, 6) is -0.541. The zero-order chi connectivity index (χ0) is 42.4. The quantitative estimate of drug-likeness (QED) is 0.0324. The molecule has 3 unspecified atom stereocenters. The number of aliphatic hydroxyl groups is 2. The minimum absolute atomic E-state index is 0.0355. The molecular weight excluding hydrogens is 719 g/mol. The molecule has 0 heterocycles. The highest BCUT2D eigenvalue weighted by Crippen LogP contribution is 2.17. The molecule has 3 N–H and O–H groups in total. The number of hydrogen-bond donors (Lipinski definition) is 3. The van der Waals surface area contributed by atoms with E-state index in [-0.39, 0.29) is 24.9 Å². The molecule has 0 radical (unpaired) electrons. The fraction of sp³-hybridized carbons (Fsp3) is 0.769. The van der Waals surface area contributed by atoms with Gasteiger partial charge in [-0.1, -0.05) is 204 Å². The third-order valence-electron chi connectivity index (χ3n) is 10.8. The van der Waals surface area contributed by atoms with Crippen LogP contribution in [0.5, 0.6) is 0 Å². The average Bonchev–Trinajstić information content (AvgIpc) is 3.22. The lowest BCUT2D eigenvalue weighted by atomic mass is 10.0. The molecule has 0 aromatic carbocycles. The smallest absolute Gasteiger partial charge is 0.306 e. The number of aliphatic hydroxyl groups excluding tert-OH is 2. The Bertz CT molecular complexity index is 1050. The van der Waals surface area contributed by atoms with Gasteiger partial charge in [0.25, 0.3) is 0 Å². The summed E-state index contributed by atoms with van der Waals surface area (Å²) in [4.78, 5) is 26.0. The normalized spacial score (nSPS) is 13.8. The van der Waals surface area contributed by atoms with Crippen molar-refractivity contribution < 1.29 is 24.5 Å². The van der Waals surface area contributed by atoms with Crippen molar-refractivity contribution in [1.82, 2.24) is 5.32 Å². The van der Waals surface area contributed by atoms with Crippen LogP contribution in [0.1, 0.15) is 233 Å². The molecule has 3 atom stereocenters. The Morgan fingerprint density at radius 3 is 1.52 bits per heavy atom. The van der Waals surface area contributed by atoms with E-state index in [0.29, 0.717) is 19.3 Å². The van der Waals surface area contributed by atoms with Gasteiger partial charge in [-0.25, -0.2) is 0 Å². The molecular formula is C52H93NO5. The third-order valence-corrected chi connectivity index (χ3v) is 10.8. The number of hydrogen-bond acceptors (Lipinski definition) is 5. The van der Waals surface area contributed by atoms with Gasteiger partial charge in [0.15, 0.2) is 0 Å². The minimum Gasteiger partial charge on any atom is -0.462 e. The molecule has 0 aliphatic carbocycles. The molecule has 0 aromatic rings. The summed E-state index contributed by atoms with van der Waals surface area (Å²) >= 11 is 0. The third kappa shape index (κ3) is 40.3. The second kappa shape index (κ2) is 45.6. The zero-order valence-corrected chi connectivity index (χ0v) is 38.2. The van der Waals surface area contributed by atoms with Gasteiger partial charge in [0.05, 0.1) is 25.2 Å². The van der Waals surface area contributed by atoms with E-state index in [1.165, 1.54) is 103 Å². The Hall–Kier alpha value is -2.44.